The van der Waals surface area contributed by atoms with Gasteiger partial charge < -0.3 is 9.84 Å². The maximum absolute atomic E-state index is 12.0. The molecule has 0 aliphatic heterocycles. The first-order chi connectivity index (χ1) is 9.19. The third kappa shape index (κ3) is 3.52. The highest BCUT2D eigenvalue weighted by Gasteiger charge is 2.23. The van der Waals surface area contributed by atoms with E-state index in [2.05, 4.69) is 9.72 Å². The number of nitrogens with zero attached hydrogens (tertiary/aromatic N) is 1. The van der Waals surface area contributed by atoms with Gasteiger partial charge in [0.15, 0.2) is 0 Å². The van der Waals surface area contributed by atoms with Crippen molar-refractivity contribution in [3.63, 3.8) is 0 Å². The Morgan fingerprint density at radius 3 is 2.55 bits per heavy atom. The van der Waals surface area contributed by atoms with Crippen molar-refractivity contribution in [2.24, 2.45) is 0 Å². The molecule has 0 fully saturated rings. The number of hydrogen-bond acceptors (Lipinski definition) is 6. The van der Waals surface area contributed by atoms with Crippen LogP contribution in [0.15, 0.2) is 17.2 Å². The molecule has 20 heavy (non-hydrogen) atoms. The number of carboxylic acids is 1. The number of hydrogen-bond donors (Lipinski definition) is 2. The first kappa shape index (κ1) is 16.1. The number of aromatic nitrogens is 1. The van der Waals surface area contributed by atoms with Crippen LogP contribution in [0.2, 0.25) is 0 Å². The van der Waals surface area contributed by atoms with E-state index in [4.69, 9.17) is 5.11 Å². The molecule has 0 radical (unpaired) electrons. The van der Waals surface area contributed by atoms with E-state index in [1.807, 2.05) is 4.72 Å². The fourth-order valence-electron chi connectivity index (χ4n) is 1.33. The molecule has 9 heteroatoms. The van der Waals surface area contributed by atoms with E-state index in [0.29, 0.717) is 5.69 Å². The summed E-state index contributed by atoms with van der Waals surface area (Å²) in [6.45, 7) is 2.71. The van der Waals surface area contributed by atoms with Gasteiger partial charge in [-0.15, -0.1) is 0 Å². The molecule has 1 heterocycles. The zero-order valence-electron chi connectivity index (χ0n) is 11.1. The average molecular weight is 302 g/mol. The topological polar surface area (TPSA) is 123 Å². The molecule has 8 nitrogen and oxygen atoms in total. The lowest BCUT2D eigenvalue weighted by Gasteiger charge is -2.11. The predicted molar refractivity (Wildman–Crippen MR) is 67.7 cm³/mol. The summed E-state index contributed by atoms with van der Waals surface area (Å²) in [7, 11) is -2.93. The minimum atomic E-state index is -4.09. The zero-order valence-corrected chi connectivity index (χ0v) is 11.9. The van der Waals surface area contributed by atoms with Crippen LogP contribution in [0.5, 0.6) is 0 Å². The van der Waals surface area contributed by atoms with E-state index in [1.165, 1.54) is 13.8 Å². The fourth-order valence-corrected chi connectivity index (χ4v) is 2.50. The Hall–Kier alpha value is -2.00. The zero-order chi connectivity index (χ0) is 15.5. The molecule has 0 aliphatic carbocycles. The van der Waals surface area contributed by atoms with Crippen molar-refractivity contribution in [3.05, 3.63) is 23.5 Å². The molecule has 0 saturated carbocycles. The van der Waals surface area contributed by atoms with Gasteiger partial charge in [0, 0.05) is 6.20 Å². The van der Waals surface area contributed by atoms with E-state index in [9.17, 15) is 18.0 Å². The van der Waals surface area contributed by atoms with Gasteiger partial charge >= 0.3 is 11.9 Å². The van der Waals surface area contributed by atoms with Gasteiger partial charge in [0.2, 0.25) is 10.0 Å². The molecule has 1 rings (SSSR count). The lowest BCUT2D eigenvalue weighted by Crippen LogP contribution is -2.38. The summed E-state index contributed by atoms with van der Waals surface area (Å²) in [6, 6.07) is -0.215. The summed E-state index contributed by atoms with van der Waals surface area (Å²) in [6.07, 6.45) is 1.04. The molecule has 0 saturated heterocycles. The average Bonchev–Trinajstić information content (AvgIpc) is 2.37. The van der Waals surface area contributed by atoms with Crippen LogP contribution in [0.3, 0.4) is 0 Å². The van der Waals surface area contributed by atoms with Crippen LogP contribution >= 0.6 is 0 Å². The van der Waals surface area contributed by atoms with Crippen molar-refractivity contribution in [1.82, 2.24) is 9.71 Å². The molecule has 1 atom stereocenters. The van der Waals surface area contributed by atoms with Gasteiger partial charge in [-0.1, -0.05) is 0 Å². The molecule has 1 aromatic rings. The van der Waals surface area contributed by atoms with Crippen molar-refractivity contribution < 1.29 is 27.9 Å². The smallest absolute Gasteiger partial charge is 0.339 e. The highest BCUT2D eigenvalue weighted by atomic mass is 32.2. The Morgan fingerprint density at radius 2 is 2.05 bits per heavy atom. The van der Waals surface area contributed by atoms with E-state index < -0.39 is 28.0 Å². The van der Waals surface area contributed by atoms with E-state index >= 15 is 0 Å². The minimum absolute atomic E-state index is 0.00152. The van der Waals surface area contributed by atoms with Crippen LogP contribution in [0.25, 0.3) is 0 Å². The minimum Gasteiger partial charge on any atom is -0.480 e. The summed E-state index contributed by atoms with van der Waals surface area (Å²) in [5.41, 5.74) is 0.306. The first-order valence-electron chi connectivity index (χ1n) is 5.49. The number of aliphatic carboxylic acids is 1. The lowest BCUT2D eigenvalue weighted by atomic mass is 10.2. The summed E-state index contributed by atoms with van der Waals surface area (Å²) < 4.78 is 30.4. The number of ether oxygens (including phenoxy) is 1. The number of carboxylic acid groups (broad SMARTS) is 1. The quantitative estimate of drug-likeness (QED) is 0.730. The first-order valence-corrected chi connectivity index (χ1v) is 6.97. The molecule has 0 aromatic carbocycles. The molecule has 0 spiro atoms. The number of carbonyl (C=O) groups excluding carboxylic acids is 1. The molecular formula is C11H14N2O6S. The second-order valence-electron chi connectivity index (χ2n) is 3.98. The van der Waals surface area contributed by atoms with Gasteiger partial charge in [0.25, 0.3) is 0 Å². The number of esters is 1. The maximum Gasteiger partial charge on any atom is 0.339 e. The van der Waals surface area contributed by atoms with Gasteiger partial charge in [0.1, 0.15) is 10.9 Å². The lowest BCUT2D eigenvalue weighted by molar-refractivity contribution is -0.138. The second-order valence-corrected chi connectivity index (χ2v) is 5.69. The van der Waals surface area contributed by atoms with Crippen molar-refractivity contribution in [3.8, 4) is 0 Å². The van der Waals surface area contributed by atoms with Crippen molar-refractivity contribution >= 4 is 22.0 Å². The fraction of sp³-hybridized carbons (Fsp3) is 0.364. The summed E-state index contributed by atoms with van der Waals surface area (Å²) in [5.74, 6) is -2.04. The van der Waals surface area contributed by atoms with Gasteiger partial charge in [-0.3, -0.25) is 9.78 Å². The Labute approximate surface area is 115 Å². The number of rotatable bonds is 5. The van der Waals surface area contributed by atoms with E-state index in [0.717, 1.165) is 19.4 Å². The molecule has 110 valence electrons. The number of pyridine rings is 1. The van der Waals surface area contributed by atoms with Crippen molar-refractivity contribution in [1.29, 1.82) is 0 Å². The molecule has 2 N–H and O–H groups in total. The molecule has 0 aliphatic rings. The number of carbonyl (C=O) groups is 2. The Balaban J connectivity index is 3.20. The van der Waals surface area contributed by atoms with Crippen LogP contribution in [-0.2, 0) is 19.6 Å². The Bertz CT molecular complexity index is 640. The van der Waals surface area contributed by atoms with Gasteiger partial charge in [-0.2, -0.15) is 4.72 Å². The number of nitrogens with one attached hydrogen (secondary N) is 1. The van der Waals surface area contributed by atoms with Crippen molar-refractivity contribution in [2.75, 3.05) is 7.11 Å². The van der Waals surface area contributed by atoms with E-state index in [-0.39, 0.29) is 10.5 Å². The summed E-state index contributed by atoms with van der Waals surface area (Å²) in [5, 5.41) is 8.70. The Morgan fingerprint density at radius 1 is 1.45 bits per heavy atom. The van der Waals surface area contributed by atoms with Gasteiger partial charge in [-0.05, 0) is 19.9 Å². The summed E-state index contributed by atoms with van der Waals surface area (Å²) >= 11 is 0. The molecule has 0 amide bonds. The summed E-state index contributed by atoms with van der Waals surface area (Å²) in [4.78, 5) is 25.6. The third-order valence-corrected chi connectivity index (χ3v) is 3.99. The molecular weight excluding hydrogens is 288 g/mol. The van der Waals surface area contributed by atoms with Crippen LogP contribution in [0.4, 0.5) is 0 Å². The van der Waals surface area contributed by atoms with Gasteiger partial charge in [0.05, 0.1) is 18.4 Å². The third-order valence-electron chi connectivity index (χ3n) is 2.48. The molecule has 1 aromatic heterocycles. The standard InChI is InChI=1S/C11H14N2O6S/c1-6-9(11(16)19-3)4-8(5-12-6)20(17,18)13-7(2)10(14)15/h4-5,7,13H,1-3H3,(H,14,15). The van der Waals surface area contributed by atoms with Crippen LogP contribution in [-0.4, -0.2) is 43.6 Å². The monoisotopic (exact) mass is 302 g/mol. The van der Waals surface area contributed by atoms with Crippen LogP contribution in [0, 0.1) is 6.92 Å². The van der Waals surface area contributed by atoms with Gasteiger partial charge in [-0.25, -0.2) is 13.2 Å². The highest BCUT2D eigenvalue weighted by Crippen LogP contribution is 2.14. The Kier molecular flexibility index (Phi) is 4.79. The van der Waals surface area contributed by atoms with E-state index in [1.54, 1.807) is 0 Å². The molecule has 0 bridgehead atoms. The second kappa shape index (κ2) is 5.97. The normalized spacial score (nSPS) is 12.8. The predicted octanol–water partition coefficient (Wildman–Crippen LogP) is -0.0720. The highest BCUT2D eigenvalue weighted by molar-refractivity contribution is 7.89. The molecule has 1 unspecified atom stereocenters. The SMILES string of the molecule is COC(=O)c1cc(S(=O)(=O)NC(C)C(=O)O)cnc1C. The largest absolute Gasteiger partial charge is 0.480 e. The van der Waals surface area contributed by atoms with Crippen LogP contribution < -0.4 is 4.72 Å². The number of methoxy groups -OCH3 is 1. The number of aryl methyl sites for hydroxylation is 1. The number of sulfonamides is 1. The maximum atomic E-state index is 12.0. The van der Waals surface area contributed by atoms with Crippen molar-refractivity contribution in [2.45, 2.75) is 24.8 Å². The van der Waals surface area contributed by atoms with Crippen LogP contribution in [0.1, 0.15) is 23.0 Å².